The van der Waals surface area contributed by atoms with Crippen LogP contribution in [0.4, 0.5) is 4.79 Å². The minimum Gasteiger partial charge on any atom is -0.443 e. The first kappa shape index (κ1) is 17.5. The Labute approximate surface area is 125 Å². The summed E-state index contributed by atoms with van der Waals surface area (Å²) in [6.45, 7) is 6.00. The standard InChI is InChI=1S/C14H24N2O5/c1-14(2,3)21-13(18)16-7-6-10(8-11(16)17)15-9-12(19-4)20-5/h8,12,15H,6-7,9H2,1-5H3. The number of hydrogen-bond donors (Lipinski definition) is 1. The lowest BCUT2D eigenvalue weighted by Crippen LogP contribution is -2.44. The molecule has 0 spiro atoms. The summed E-state index contributed by atoms with van der Waals surface area (Å²) in [5.74, 6) is -0.385. The SMILES string of the molecule is COC(CNC1=CC(=O)N(C(=O)OC(C)(C)C)CC1)OC. The minimum absolute atomic E-state index is 0.289. The van der Waals surface area contributed by atoms with E-state index >= 15 is 0 Å². The van der Waals surface area contributed by atoms with Crippen LogP contribution in [0.2, 0.25) is 0 Å². The maximum Gasteiger partial charge on any atom is 0.417 e. The van der Waals surface area contributed by atoms with Crippen molar-refractivity contribution in [3.63, 3.8) is 0 Å². The van der Waals surface area contributed by atoms with E-state index in [1.165, 1.54) is 6.08 Å². The van der Waals surface area contributed by atoms with Crippen molar-refractivity contribution in [3.8, 4) is 0 Å². The molecule has 0 fully saturated rings. The van der Waals surface area contributed by atoms with Gasteiger partial charge in [0.15, 0.2) is 6.29 Å². The van der Waals surface area contributed by atoms with Crippen LogP contribution in [-0.4, -0.2) is 56.1 Å². The lowest BCUT2D eigenvalue weighted by atomic mass is 10.2. The van der Waals surface area contributed by atoms with Crippen molar-refractivity contribution in [1.29, 1.82) is 0 Å². The third-order valence-electron chi connectivity index (χ3n) is 2.80. The quantitative estimate of drug-likeness (QED) is 0.770. The Morgan fingerprint density at radius 2 is 2.00 bits per heavy atom. The Bertz CT molecular complexity index is 410. The van der Waals surface area contributed by atoms with Gasteiger partial charge in [-0.05, 0) is 20.8 Å². The number of methoxy groups -OCH3 is 2. The number of imide groups is 1. The molecule has 0 aromatic carbocycles. The van der Waals surface area contributed by atoms with Gasteiger partial charge in [-0.15, -0.1) is 0 Å². The molecule has 2 amide bonds. The lowest BCUT2D eigenvalue weighted by molar-refractivity contribution is -0.126. The number of carbonyl (C=O) groups excluding carboxylic acids is 2. The minimum atomic E-state index is -0.621. The number of rotatable bonds is 5. The van der Waals surface area contributed by atoms with Gasteiger partial charge in [0.1, 0.15) is 5.60 Å². The first-order valence-corrected chi connectivity index (χ1v) is 6.81. The van der Waals surface area contributed by atoms with Gasteiger partial charge in [0.05, 0.1) is 6.54 Å². The average molecular weight is 300 g/mol. The predicted octanol–water partition coefficient (Wildman–Crippen LogP) is 1.25. The summed E-state index contributed by atoms with van der Waals surface area (Å²) in [5, 5.41) is 3.07. The van der Waals surface area contributed by atoms with Gasteiger partial charge in [0.25, 0.3) is 5.91 Å². The van der Waals surface area contributed by atoms with Crippen LogP contribution in [0.15, 0.2) is 11.8 Å². The van der Waals surface area contributed by atoms with Crippen LogP contribution < -0.4 is 5.32 Å². The second-order valence-corrected chi connectivity index (χ2v) is 5.67. The second-order valence-electron chi connectivity index (χ2n) is 5.67. The first-order valence-electron chi connectivity index (χ1n) is 6.81. The van der Waals surface area contributed by atoms with E-state index in [1.54, 1.807) is 35.0 Å². The summed E-state index contributed by atoms with van der Waals surface area (Å²) >= 11 is 0. The molecular weight excluding hydrogens is 276 g/mol. The van der Waals surface area contributed by atoms with Crippen LogP contribution in [-0.2, 0) is 19.0 Å². The van der Waals surface area contributed by atoms with Crippen LogP contribution in [0, 0.1) is 0 Å². The fourth-order valence-electron chi connectivity index (χ4n) is 1.76. The molecule has 1 heterocycles. The summed E-state index contributed by atoms with van der Waals surface area (Å²) in [6, 6.07) is 0. The largest absolute Gasteiger partial charge is 0.443 e. The first-order chi connectivity index (χ1) is 9.76. The molecule has 1 N–H and O–H groups in total. The molecule has 21 heavy (non-hydrogen) atoms. The fourth-order valence-corrected chi connectivity index (χ4v) is 1.76. The van der Waals surface area contributed by atoms with Crippen molar-refractivity contribution in [2.24, 2.45) is 0 Å². The van der Waals surface area contributed by atoms with Gasteiger partial charge in [-0.1, -0.05) is 0 Å². The summed E-state index contributed by atoms with van der Waals surface area (Å²) in [5.41, 5.74) is 0.128. The van der Waals surface area contributed by atoms with Crippen LogP contribution in [0.1, 0.15) is 27.2 Å². The Morgan fingerprint density at radius 1 is 1.38 bits per heavy atom. The monoisotopic (exact) mass is 300 g/mol. The highest BCUT2D eigenvalue weighted by Crippen LogP contribution is 2.15. The lowest BCUT2D eigenvalue weighted by Gasteiger charge is -2.28. The van der Waals surface area contributed by atoms with Gasteiger partial charge in [-0.2, -0.15) is 0 Å². The third-order valence-corrected chi connectivity index (χ3v) is 2.80. The molecule has 0 aliphatic carbocycles. The van der Waals surface area contributed by atoms with Crippen molar-refractivity contribution in [2.75, 3.05) is 27.3 Å². The molecule has 7 nitrogen and oxygen atoms in total. The molecule has 1 aliphatic heterocycles. The Kier molecular flexibility index (Phi) is 6.17. The van der Waals surface area contributed by atoms with E-state index in [0.717, 1.165) is 10.6 Å². The zero-order valence-corrected chi connectivity index (χ0v) is 13.3. The number of ether oxygens (including phenoxy) is 3. The van der Waals surface area contributed by atoms with E-state index < -0.39 is 11.7 Å². The molecular formula is C14H24N2O5. The normalized spacial score (nSPS) is 16.0. The molecule has 0 unspecified atom stereocenters. The molecule has 0 radical (unpaired) electrons. The molecule has 0 bridgehead atoms. The molecule has 0 aromatic rings. The number of carbonyl (C=O) groups is 2. The molecule has 1 rings (SSSR count). The molecule has 0 atom stereocenters. The molecule has 0 aromatic heterocycles. The van der Waals surface area contributed by atoms with Crippen LogP contribution in [0.3, 0.4) is 0 Å². The smallest absolute Gasteiger partial charge is 0.417 e. The van der Waals surface area contributed by atoms with Gasteiger partial charge in [0, 0.05) is 39.0 Å². The Balaban J connectivity index is 2.56. The highest BCUT2D eigenvalue weighted by molar-refractivity contribution is 5.99. The van der Waals surface area contributed by atoms with Gasteiger partial charge in [0.2, 0.25) is 0 Å². The second kappa shape index (κ2) is 7.42. The maximum absolute atomic E-state index is 12.0. The van der Waals surface area contributed by atoms with E-state index in [1.807, 2.05) is 0 Å². The molecule has 120 valence electrons. The molecule has 0 saturated carbocycles. The highest BCUT2D eigenvalue weighted by Gasteiger charge is 2.29. The average Bonchev–Trinajstić information content (AvgIpc) is 2.37. The third kappa shape index (κ3) is 5.73. The van der Waals surface area contributed by atoms with E-state index in [9.17, 15) is 9.59 Å². The Hall–Kier alpha value is -1.60. The summed E-state index contributed by atoms with van der Waals surface area (Å²) < 4.78 is 15.3. The highest BCUT2D eigenvalue weighted by atomic mass is 16.7. The van der Waals surface area contributed by atoms with Crippen molar-refractivity contribution >= 4 is 12.0 Å². The van der Waals surface area contributed by atoms with Gasteiger partial charge < -0.3 is 19.5 Å². The molecule has 1 aliphatic rings. The number of nitrogens with one attached hydrogen (secondary N) is 1. The number of amides is 2. The van der Waals surface area contributed by atoms with Gasteiger partial charge in [-0.25, -0.2) is 9.69 Å². The zero-order valence-electron chi connectivity index (χ0n) is 13.3. The van der Waals surface area contributed by atoms with Crippen molar-refractivity contribution < 1.29 is 23.8 Å². The Morgan fingerprint density at radius 3 is 2.48 bits per heavy atom. The predicted molar refractivity (Wildman–Crippen MR) is 76.5 cm³/mol. The van der Waals surface area contributed by atoms with Crippen LogP contribution in [0.25, 0.3) is 0 Å². The number of nitrogens with zero attached hydrogens (tertiary/aromatic N) is 1. The van der Waals surface area contributed by atoms with E-state index in [0.29, 0.717) is 13.0 Å². The maximum atomic E-state index is 12.0. The van der Waals surface area contributed by atoms with Crippen molar-refractivity contribution in [1.82, 2.24) is 10.2 Å². The topological polar surface area (TPSA) is 77.1 Å². The van der Waals surface area contributed by atoms with Crippen molar-refractivity contribution in [3.05, 3.63) is 11.8 Å². The molecule has 0 saturated heterocycles. The zero-order chi connectivity index (χ0) is 16.0. The number of hydrogen-bond acceptors (Lipinski definition) is 6. The summed E-state index contributed by atoms with van der Waals surface area (Å²) in [4.78, 5) is 24.9. The van der Waals surface area contributed by atoms with Gasteiger partial charge >= 0.3 is 6.09 Å². The molecule has 7 heteroatoms. The van der Waals surface area contributed by atoms with Crippen LogP contribution >= 0.6 is 0 Å². The van der Waals surface area contributed by atoms with E-state index in [2.05, 4.69) is 5.32 Å². The fraction of sp³-hybridized carbons (Fsp3) is 0.714. The van der Waals surface area contributed by atoms with Gasteiger partial charge in [-0.3, -0.25) is 4.79 Å². The van der Waals surface area contributed by atoms with Crippen LogP contribution in [0.5, 0.6) is 0 Å². The van der Waals surface area contributed by atoms with Crippen molar-refractivity contribution in [2.45, 2.75) is 39.1 Å². The van der Waals surface area contributed by atoms with E-state index in [4.69, 9.17) is 14.2 Å². The van der Waals surface area contributed by atoms with E-state index in [-0.39, 0.29) is 18.7 Å². The summed E-state index contributed by atoms with van der Waals surface area (Å²) in [6.07, 6.45) is 0.945. The summed E-state index contributed by atoms with van der Waals surface area (Å²) in [7, 11) is 3.08.